The molecule has 2 rings (SSSR count). The van der Waals surface area contributed by atoms with Crippen LogP contribution in [0.5, 0.6) is 0 Å². The summed E-state index contributed by atoms with van der Waals surface area (Å²) in [5.41, 5.74) is 0.498. The highest BCUT2D eigenvalue weighted by atomic mass is 31.2. The van der Waals surface area contributed by atoms with Crippen LogP contribution in [0.25, 0.3) is 0 Å². The number of carbonyl (C=O) groups is 1. The maximum atomic E-state index is 11.6. The standard InChI is InChI=1S/C13H21N2O7P/c1-7-6-15(9(3)14-13(7)16)11-5-10(20-4)12(21-11)8(2)22-23(17,18)19/h6,8,10-12H,3,5H2,1-2,4H3,(H,14,16)(H2,17,18,19)/t8-,10-,11-,12-/m1/s1. The Hall–Kier alpha value is -1.22. The molecule has 1 amide bonds. The number of hydrogen-bond acceptors (Lipinski definition) is 6. The number of methoxy groups -OCH3 is 1. The second-order valence-electron chi connectivity index (χ2n) is 5.49. The third-order valence-corrected chi connectivity index (χ3v) is 4.36. The Morgan fingerprint density at radius 1 is 1.57 bits per heavy atom. The summed E-state index contributed by atoms with van der Waals surface area (Å²) < 4.78 is 26.9. The Kier molecular flexibility index (Phi) is 5.30. The molecule has 1 saturated heterocycles. The average Bonchev–Trinajstić information content (AvgIpc) is 2.85. The van der Waals surface area contributed by atoms with Crippen molar-refractivity contribution in [1.29, 1.82) is 0 Å². The summed E-state index contributed by atoms with van der Waals surface area (Å²) in [6, 6.07) is 0. The van der Waals surface area contributed by atoms with Gasteiger partial charge in [-0.25, -0.2) is 4.57 Å². The SMILES string of the molecule is C=C1NC(=O)C(C)=CN1[C@H]1C[C@@H](OC)[C@@H]([C@@H](C)OP(=O)(O)O)O1. The molecule has 0 aromatic heterocycles. The summed E-state index contributed by atoms with van der Waals surface area (Å²) in [6.07, 6.45) is -0.402. The highest BCUT2D eigenvalue weighted by molar-refractivity contribution is 7.46. The Bertz CT molecular complexity index is 573. The minimum Gasteiger partial charge on any atom is -0.378 e. The molecule has 1 fully saturated rings. The zero-order valence-corrected chi connectivity index (χ0v) is 14.0. The van der Waals surface area contributed by atoms with Crippen LogP contribution >= 0.6 is 7.82 Å². The van der Waals surface area contributed by atoms with E-state index in [1.807, 2.05) is 0 Å². The molecular formula is C13H21N2O7P. The molecule has 2 heterocycles. The van der Waals surface area contributed by atoms with Crippen LogP contribution < -0.4 is 5.32 Å². The van der Waals surface area contributed by atoms with Crippen molar-refractivity contribution in [2.75, 3.05) is 7.11 Å². The molecule has 130 valence electrons. The number of phosphoric acid groups is 1. The Labute approximate surface area is 134 Å². The lowest BCUT2D eigenvalue weighted by Gasteiger charge is -2.33. The third-order valence-electron chi connectivity index (χ3n) is 3.75. The lowest BCUT2D eigenvalue weighted by molar-refractivity contribution is -0.119. The van der Waals surface area contributed by atoms with Crippen molar-refractivity contribution in [2.45, 2.75) is 44.8 Å². The van der Waals surface area contributed by atoms with Crippen LogP contribution in [0.1, 0.15) is 20.3 Å². The van der Waals surface area contributed by atoms with Gasteiger partial charge in [0, 0.05) is 25.3 Å². The number of rotatable bonds is 5. The van der Waals surface area contributed by atoms with Crippen LogP contribution in [0.3, 0.4) is 0 Å². The van der Waals surface area contributed by atoms with Crippen molar-refractivity contribution in [3.05, 3.63) is 24.2 Å². The molecule has 9 nitrogen and oxygen atoms in total. The van der Waals surface area contributed by atoms with Gasteiger partial charge >= 0.3 is 7.82 Å². The first-order valence-corrected chi connectivity index (χ1v) is 8.54. The third kappa shape index (κ3) is 4.20. The van der Waals surface area contributed by atoms with Gasteiger partial charge in [-0.15, -0.1) is 0 Å². The minimum absolute atomic E-state index is 0.234. The fraction of sp³-hybridized carbons (Fsp3) is 0.615. The molecule has 10 heteroatoms. The van der Waals surface area contributed by atoms with Gasteiger partial charge in [0.25, 0.3) is 5.91 Å². The minimum atomic E-state index is -4.63. The van der Waals surface area contributed by atoms with E-state index in [0.717, 1.165) is 0 Å². The lowest BCUT2D eigenvalue weighted by atomic mass is 10.1. The van der Waals surface area contributed by atoms with E-state index in [-0.39, 0.29) is 5.91 Å². The van der Waals surface area contributed by atoms with Crippen LogP contribution in [-0.2, 0) is 23.4 Å². The predicted octanol–water partition coefficient (Wildman–Crippen LogP) is 0.421. The predicted molar refractivity (Wildman–Crippen MR) is 79.5 cm³/mol. The van der Waals surface area contributed by atoms with Gasteiger partial charge in [-0.3, -0.25) is 9.32 Å². The van der Waals surface area contributed by atoms with E-state index in [4.69, 9.17) is 19.3 Å². The number of phosphoric ester groups is 1. The normalized spacial score (nSPS) is 30.2. The number of ether oxygens (including phenoxy) is 2. The molecule has 0 radical (unpaired) electrons. The van der Waals surface area contributed by atoms with Gasteiger partial charge in [0.2, 0.25) is 0 Å². The highest BCUT2D eigenvalue weighted by Gasteiger charge is 2.44. The fourth-order valence-electron chi connectivity index (χ4n) is 2.65. The molecule has 3 N–H and O–H groups in total. The smallest absolute Gasteiger partial charge is 0.378 e. The second-order valence-corrected chi connectivity index (χ2v) is 6.68. The van der Waals surface area contributed by atoms with Crippen molar-refractivity contribution < 1.29 is 33.1 Å². The van der Waals surface area contributed by atoms with Gasteiger partial charge in [-0.2, -0.15) is 0 Å². The van der Waals surface area contributed by atoms with Crippen molar-refractivity contribution in [3.63, 3.8) is 0 Å². The maximum absolute atomic E-state index is 11.6. The largest absolute Gasteiger partial charge is 0.469 e. The van der Waals surface area contributed by atoms with Gasteiger partial charge in [0.15, 0.2) is 0 Å². The van der Waals surface area contributed by atoms with Crippen molar-refractivity contribution >= 4 is 13.7 Å². The van der Waals surface area contributed by atoms with Crippen LogP contribution in [0, 0.1) is 0 Å². The van der Waals surface area contributed by atoms with Crippen LogP contribution in [-0.4, -0.2) is 52.2 Å². The molecule has 0 spiro atoms. The fourth-order valence-corrected chi connectivity index (χ4v) is 3.21. The van der Waals surface area contributed by atoms with Crippen molar-refractivity contribution in [3.8, 4) is 0 Å². The van der Waals surface area contributed by atoms with Gasteiger partial charge in [0.05, 0.1) is 12.2 Å². The zero-order chi connectivity index (χ0) is 17.4. The number of amides is 1. The number of nitrogens with one attached hydrogen (secondary N) is 1. The highest BCUT2D eigenvalue weighted by Crippen LogP contribution is 2.41. The molecule has 0 unspecified atom stereocenters. The molecule has 4 atom stereocenters. The quantitative estimate of drug-likeness (QED) is 0.612. The van der Waals surface area contributed by atoms with E-state index < -0.39 is 32.4 Å². The van der Waals surface area contributed by atoms with Crippen molar-refractivity contribution in [2.24, 2.45) is 0 Å². The molecule has 0 saturated carbocycles. The first kappa shape index (κ1) is 18.1. The van der Waals surface area contributed by atoms with Crippen LogP contribution in [0.2, 0.25) is 0 Å². The second kappa shape index (κ2) is 6.72. The Morgan fingerprint density at radius 2 is 2.22 bits per heavy atom. The number of hydrogen-bond donors (Lipinski definition) is 3. The molecule has 2 aliphatic heterocycles. The topological polar surface area (TPSA) is 118 Å². The van der Waals surface area contributed by atoms with Gasteiger partial charge in [-0.05, 0) is 13.8 Å². The summed E-state index contributed by atoms with van der Waals surface area (Å²) in [5.74, 6) is 0.131. The van der Waals surface area contributed by atoms with E-state index in [2.05, 4.69) is 16.4 Å². The molecule has 0 aliphatic carbocycles. The van der Waals surface area contributed by atoms with Crippen LogP contribution in [0.4, 0.5) is 0 Å². The Balaban J connectivity index is 2.14. The molecule has 0 aromatic carbocycles. The average molecular weight is 348 g/mol. The molecule has 2 aliphatic rings. The number of carbonyl (C=O) groups excluding carboxylic acids is 1. The first-order chi connectivity index (χ1) is 10.6. The van der Waals surface area contributed by atoms with E-state index in [9.17, 15) is 9.36 Å². The maximum Gasteiger partial charge on any atom is 0.469 e. The molecular weight excluding hydrogens is 327 g/mol. The lowest BCUT2D eigenvalue weighted by Crippen LogP contribution is -2.43. The van der Waals surface area contributed by atoms with E-state index in [1.54, 1.807) is 18.0 Å². The summed E-state index contributed by atoms with van der Waals surface area (Å²) in [6.45, 7) is 6.95. The summed E-state index contributed by atoms with van der Waals surface area (Å²) in [5, 5.41) is 2.62. The molecule has 0 aromatic rings. The zero-order valence-electron chi connectivity index (χ0n) is 13.1. The van der Waals surface area contributed by atoms with Crippen LogP contribution in [0.15, 0.2) is 24.2 Å². The molecule has 0 bridgehead atoms. The van der Waals surface area contributed by atoms with E-state index >= 15 is 0 Å². The summed E-state index contributed by atoms with van der Waals surface area (Å²) in [7, 11) is -3.14. The monoisotopic (exact) mass is 348 g/mol. The van der Waals surface area contributed by atoms with Gasteiger partial charge < -0.3 is 29.5 Å². The van der Waals surface area contributed by atoms with Gasteiger partial charge in [-0.1, -0.05) is 6.58 Å². The van der Waals surface area contributed by atoms with E-state index in [1.165, 1.54) is 14.0 Å². The number of nitrogens with zero attached hydrogens (tertiary/aromatic N) is 1. The Morgan fingerprint density at radius 3 is 2.78 bits per heavy atom. The van der Waals surface area contributed by atoms with Crippen molar-refractivity contribution in [1.82, 2.24) is 10.2 Å². The summed E-state index contributed by atoms with van der Waals surface area (Å²) in [4.78, 5) is 31.1. The van der Waals surface area contributed by atoms with E-state index in [0.29, 0.717) is 17.8 Å². The van der Waals surface area contributed by atoms with Gasteiger partial charge in [0.1, 0.15) is 18.2 Å². The molecule has 23 heavy (non-hydrogen) atoms. The summed E-state index contributed by atoms with van der Waals surface area (Å²) >= 11 is 0. The first-order valence-electron chi connectivity index (χ1n) is 7.01.